The normalized spacial score (nSPS) is 22.9. The Morgan fingerprint density at radius 3 is 2.56 bits per heavy atom. The molecule has 1 nitrogen and oxygen atoms in total. The maximum atomic E-state index is 9.56. The number of hydrogen-bond donors (Lipinski definition) is 0. The van der Waals surface area contributed by atoms with E-state index in [1.807, 2.05) is 23.5 Å². The number of hydrogen-bond acceptors (Lipinski definition) is 2. The van der Waals surface area contributed by atoms with Crippen LogP contribution in [0.25, 0.3) is 25.7 Å². The van der Waals surface area contributed by atoms with E-state index in [0.29, 0.717) is 5.57 Å². The van der Waals surface area contributed by atoms with Crippen molar-refractivity contribution in [1.29, 1.82) is 5.26 Å². The third-order valence-corrected chi connectivity index (χ3v) is 6.19. The molecule has 27 heavy (non-hydrogen) atoms. The molecule has 0 saturated carbocycles. The van der Waals surface area contributed by atoms with Crippen LogP contribution < -0.4 is 0 Å². The first kappa shape index (κ1) is 17.3. The second-order valence-corrected chi connectivity index (χ2v) is 7.84. The van der Waals surface area contributed by atoms with Gasteiger partial charge in [-0.25, -0.2) is 0 Å². The van der Waals surface area contributed by atoms with Gasteiger partial charge in [-0.05, 0) is 34.4 Å². The molecule has 1 aliphatic carbocycles. The largest absolute Gasteiger partial charge is 0.193 e. The summed E-state index contributed by atoms with van der Waals surface area (Å²) < 4.78 is 2.56. The number of allylic oxidation sites excluding steroid dienone is 8. The van der Waals surface area contributed by atoms with E-state index >= 15 is 0 Å². The van der Waals surface area contributed by atoms with Crippen molar-refractivity contribution in [3.8, 4) is 6.07 Å². The van der Waals surface area contributed by atoms with Gasteiger partial charge in [-0.1, -0.05) is 74.7 Å². The number of benzene rings is 2. The number of thiophene rings is 1. The van der Waals surface area contributed by atoms with E-state index < -0.39 is 0 Å². The predicted molar refractivity (Wildman–Crippen MR) is 118 cm³/mol. The number of nitrogens with zero attached hydrogens (tertiary/aromatic N) is 1. The molecule has 130 valence electrons. The van der Waals surface area contributed by atoms with E-state index in [-0.39, 0.29) is 5.92 Å². The Morgan fingerprint density at radius 1 is 0.963 bits per heavy atom. The van der Waals surface area contributed by atoms with Crippen LogP contribution >= 0.6 is 11.3 Å². The topological polar surface area (TPSA) is 23.8 Å². The maximum absolute atomic E-state index is 9.56. The van der Waals surface area contributed by atoms with Gasteiger partial charge in [0.25, 0.3) is 0 Å². The van der Waals surface area contributed by atoms with Crippen molar-refractivity contribution >= 4 is 37.1 Å². The molecule has 0 N–H and O–H groups in total. The number of fused-ring (bicyclic) bond motifs is 3. The molecule has 1 atom stereocenters. The van der Waals surface area contributed by atoms with Crippen molar-refractivity contribution in [2.45, 2.75) is 6.92 Å². The second-order valence-electron chi connectivity index (χ2n) is 6.79. The fourth-order valence-corrected chi connectivity index (χ4v) is 4.65. The molecule has 1 heterocycles. The second kappa shape index (κ2) is 6.87. The van der Waals surface area contributed by atoms with Crippen molar-refractivity contribution < 1.29 is 0 Å². The summed E-state index contributed by atoms with van der Waals surface area (Å²) in [5.41, 5.74) is 4.60. The first-order valence-electron chi connectivity index (χ1n) is 8.89. The summed E-state index contributed by atoms with van der Waals surface area (Å²) in [7, 11) is 0. The summed E-state index contributed by atoms with van der Waals surface area (Å²) in [5, 5.41) is 12.1. The van der Waals surface area contributed by atoms with Crippen LogP contribution in [-0.2, 0) is 0 Å². The highest BCUT2D eigenvalue weighted by Gasteiger charge is 2.14. The molecule has 4 rings (SSSR count). The average Bonchev–Trinajstić information content (AvgIpc) is 3.08. The smallest absolute Gasteiger partial charge is 0.0953 e. The lowest BCUT2D eigenvalue weighted by Gasteiger charge is -2.09. The van der Waals surface area contributed by atoms with E-state index in [2.05, 4.69) is 80.8 Å². The lowest BCUT2D eigenvalue weighted by Crippen LogP contribution is -1.95. The lowest BCUT2D eigenvalue weighted by molar-refractivity contribution is 0.897. The summed E-state index contributed by atoms with van der Waals surface area (Å²) >= 11 is 1.81. The van der Waals surface area contributed by atoms with Crippen LogP contribution in [0.2, 0.25) is 0 Å². The minimum Gasteiger partial charge on any atom is -0.193 e. The third kappa shape index (κ3) is 3.07. The average molecular weight is 366 g/mol. The number of rotatable bonds is 1. The first-order chi connectivity index (χ1) is 13.1. The molecule has 0 bridgehead atoms. The van der Waals surface area contributed by atoms with Crippen LogP contribution in [0, 0.1) is 17.2 Å². The van der Waals surface area contributed by atoms with E-state index in [4.69, 9.17) is 0 Å². The van der Waals surface area contributed by atoms with Gasteiger partial charge in [-0.15, -0.1) is 11.3 Å². The van der Waals surface area contributed by atoms with E-state index in [1.54, 1.807) is 0 Å². The highest BCUT2D eigenvalue weighted by atomic mass is 32.1. The number of nitriles is 1. The van der Waals surface area contributed by atoms with Crippen molar-refractivity contribution in [1.82, 2.24) is 0 Å². The van der Waals surface area contributed by atoms with Gasteiger partial charge in [0, 0.05) is 31.7 Å². The van der Waals surface area contributed by atoms with E-state index in [1.165, 1.54) is 25.7 Å². The molecule has 1 aromatic heterocycles. The molecule has 1 aliphatic rings. The Bertz CT molecular complexity index is 1220. The maximum Gasteiger partial charge on any atom is 0.0953 e. The zero-order valence-corrected chi connectivity index (χ0v) is 16.0. The standard InChI is InChI=1S/C25H19NS/c1-16-11-12-19(14-18(3)20(15-26)13-17(16)2)21-8-6-9-23-22-7-4-5-10-24(22)27-25(21)23/h4-14,18H,1-2H2,3H3/b12-11-,19-14+,20-13-. The van der Waals surface area contributed by atoms with Gasteiger partial charge in [0.15, 0.2) is 0 Å². The molecule has 1 unspecified atom stereocenters. The molecule has 2 heteroatoms. The predicted octanol–water partition coefficient (Wildman–Crippen LogP) is 7.21. The van der Waals surface area contributed by atoms with Crippen LogP contribution in [0.3, 0.4) is 0 Å². The Morgan fingerprint density at radius 2 is 1.74 bits per heavy atom. The summed E-state index contributed by atoms with van der Waals surface area (Å²) in [6, 6.07) is 17.3. The van der Waals surface area contributed by atoms with Gasteiger partial charge in [-0.2, -0.15) is 5.26 Å². The van der Waals surface area contributed by atoms with Crippen LogP contribution in [0.5, 0.6) is 0 Å². The van der Waals surface area contributed by atoms with E-state index in [0.717, 1.165) is 16.7 Å². The zero-order chi connectivity index (χ0) is 19.0. The molecule has 0 aliphatic heterocycles. The Labute approximate surface area is 163 Å². The van der Waals surface area contributed by atoms with Crippen LogP contribution in [0.1, 0.15) is 12.5 Å². The Balaban J connectivity index is 1.96. The summed E-state index contributed by atoms with van der Waals surface area (Å²) in [6.07, 6.45) is 8.09. The van der Waals surface area contributed by atoms with Crippen LogP contribution in [0.4, 0.5) is 0 Å². The minimum atomic E-state index is 0.00179. The third-order valence-electron chi connectivity index (χ3n) is 4.97. The van der Waals surface area contributed by atoms with Gasteiger partial charge in [0.05, 0.1) is 6.07 Å². The van der Waals surface area contributed by atoms with Gasteiger partial charge in [0.1, 0.15) is 0 Å². The lowest BCUT2D eigenvalue weighted by atomic mass is 9.94. The van der Waals surface area contributed by atoms with Gasteiger partial charge < -0.3 is 0 Å². The van der Waals surface area contributed by atoms with Crippen molar-refractivity contribution in [3.63, 3.8) is 0 Å². The van der Waals surface area contributed by atoms with Crippen LogP contribution in [-0.4, -0.2) is 0 Å². The molecule has 0 amide bonds. The van der Waals surface area contributed by atoms with Crippen molar-refractivity contribution in [3.05, 3.63) is 102 Å². The summed E-state index contributed by atoms with van der Waals surface area (Å²) in [5.74, 6) is 0.00179. The molecular weight excluding hydrogens is 346 g/mol. The quantitative estimate of drug-likeness (QED) is 0.447. The highest BCUT2D eigenvalue weighted by Crippen LogP contribution is 2.39. The minimum absolute atomic E-state index is 0.00179. The molecule has 2 aromatic carbocycles. The summed E-state index contributed by atoms with van der Waals surface area (Å²) in [4.78, 5) is 0. The molecular formula is C25H19NS. The molecule has 0 saturated heterocycles. The van der Waals surface area contributed by atoms with Crippen molar-refractivity contribution in [2.75, 3.05) is 0 Å². The molecule has 0 radical (unpaired) electrons. The Hall–Kier alpha value is -3.15. The monoisotopic (exact) mass is 365 g/mol. The molecule has 3 aromatic rings. The fourth-order valence-electron chi connectivity index (χ4n) is 3.41. The van der Waals surface area contributed by atoms with Crippen LogP contribution in [0.15, 0.2) is 96.6 Å². The van der Waals surface area contributed by atoms with Crippen molar-refractivity contribution in [2.24, 2.45) is 5.92 Å². The molecule has 0 spiro atoms. The highest BCUT2D eigenvalue weighted by molar-refractivity contribution is 7.26. The first-order valence-corrected chi connectivity index (χ1v) is 9.70. The SMILES string of the molecule is C=C1/C=C\C(c2cccc3c2sc2ccccc23)=C/C(C)/C(C#N)=C\C1=C. The molecule has 0 fully saturated rings. The summed E-state index contributed by atoms with van der Waals surface area (Å²) in [6.45, 7) is 10.2. The Kier molecular flexibility index (Phi) is 4.39. The fraction of sp³-hybridized carbons (Fsp3) is 0.0800. The van der Waals surface area contributed by atoms with Gasteiger partial charge in [-0.3, -0.25) is 0 Å². The zero-order valence-electron chi connectivity index (χ0n) is 15.2. The van der Waals surface area contributed by atoms with E-state index in [9.17, 15) is 5.26 Å². The van der Waals surface area contributed by atoms with Gasteiger partial charge >= 0.3 is 0 Å². The van der Waals surface area contributed by atoms with Gasteiger partial charge in [0.2, 0.25) is 0 Å².